The first-order valence-electron chi connectivity index (χ1n) is 7.34. The highest BCUT2D eigenvalue weighted by Gasteiger charge is 2.18. The molecule has 126 valence electrons. The molecule has 2 aromatic rings. The number of amides is 2. The minimum absolute atomic E-state index is 0.0858. The Bertz CT molecular complexity index is 796. The van der Waals surface area contributed by atoms with Crippen molar-refractivity contribution in [2.75, 3.05) is 10.6 Å². The molecule has 0 unspecified atom stereocenters. The van der Waals surface area contributed by atoms with Crippen molar-refractivity contribution in [2.24, 2.45) is 5.92 Å². The van der Waals surface area contributed by atoms with E-state index in [2.05, 4.69) is 10.6 Å². The lowest BCUT2D eigenvalue weighted by Gasteiger charge is -2.09. The van der Waals surface area contributed by atoms with E-state index in [9.17, 15) is 14.4 Å². The number of aromatic carboxylic acids is 1. The summed E-state index contributed by atoms with van der Waals surface area (Å²) in [5.74, 6) is -1.84. The number of thiophene rings is 1. The molecule has 0 saturated carbocycles. The number of carbonyl (C=O) groups is 3. The van der Waals surface area contributed by atoms with Crippen molar-refractivity contribution in [3.05, 3.63) is 46.3 Å². The molecule has 2 rings (SSSR count). The first-order valence-corrected chi connectivity index (χ1v) is 8.15. The van der Waals surface area contributed by atoms with Gasteiger partial charge in [-0.1, -0.05) is 19.9 Å². The molecular weight excluding hydrogens is 328 g/mol. The van der Waals surface area contributed by atoms with Gasteiger partial charge in [-0.05, 0) is 31.2 Å². The van der Waals surface area contributed by atoms with Gasteiger partial charge in [-0.3, -0.25) is 9.59 Å². The van der Waals surface area contributed by atoms with Crippen LogP contribution >= 0.6 is 11.3 Å². The van der Waals surface area contributed by atoms with Crippen LogP contribution in [0.3, 0.4) is 0 Å². The van der Waals surface area contributed by atoms with Crippen LogP contribution in [0.25, 0.3) is 0 Å². The van der Waals surface area contributed by atoms with Gasteiger partial charge in [0, 0.05) is 16.5 Å². The fraction of sp³-hybridized carbons (Fsp3) is 0.235. The Morgan fingerprint density at radius 3 is 2.46 bits per heavy atom. The molecule has 0 spiro atoms. The third-order valence-electron chi connectivity index (χ3n) is 3.23. The summed E-state index contributed by atoms with van der Waals surface area (Å²) in [4.78, 5) is 36.2. The van der Waals surface area contributed by atoms with E-state index in [4.69, 9.17) is 5.11 Å². The largest absolute Gasteiger partial charge is 0.478 e. The van der Waals surface area contributed by atoms with Gasteiger partial charge in [0.2, 0.25) is 5.91 Å². The van der Waals surface area contributed by atoms with E-state index in [-0.39, 0.29) is 17.4 Å². The first-order chi connectivity index (χ1) is 11.3. The second-order valence-corrected chi connectivity index (χ2v) is 6.84. The van der Waals surface area contributed by atoms with Crippen molar-refractivity contribution in [1.82, 2.24) is 0 Å². The van der Waals surface area contributed by atoms with E-state index in [1.54, 1.807) is 32.0 Å². The third kappa shape index (κ3) is 4.20. The lowest BCUT2D eigenvalue weighted by Crippen LogP contribution is -2.20. The van der Waals surface area contributed by atoms with Gasteiger partial charge in [-0.2, -0.15) is 0 Å². The normalized spacial score (nSPS) is 10.5. The van der Waals surface area contributed by atoms with E-state index in [0.717, 1.165) is 4.88 Å². The second kappa shape index (κ2) is 7.27. The SMILES string of the molecule is Cc1cc(C(=O)Nc2cccc(C(=O)O)c2)c(NC(=O)C(C)C)s1. The molecule has 0 aliphatic carbocycles. The van der Waals surface area contributed by atoms with Crippen LogP contribution in [0.1, 0.15) is 39.4 Å². The zero-order chi connectivity index (χ0) is 17.9. The molecule has 24 heavy (non-hydrogen) atoms. The maximum Gasteiger partial charge on any atom is 0.335 e. The van der Waals surface area contributed by atoms with Crippen molar-refractivity contribution in [3.63, 3.8) is 0 Å². The van der Waals surface area contributed by atoms with Crippen LogP contribution in [0.15, 0.2) is 30.3 Å². The maximum atomic E-state index is 12.5. The lowest BCUT2D eigenvalue weighted by atomic mass is 10.2. The molecule has 0 saturated heterocycles. The molecule has 0 fully saturated rings. The van der Waals surface area contributed by atoms with Crippen molar-refractivity contribution in [3.8, 4) is 0 Å². The Morgan fingerprint density at radius 1 is 1.12 bits per heavy atom. The Hall–Kier alpha value is -2.67. The summed E-state index contributed by atoms with van der Waals surface area (Å²) in [5.41, 5.74) is 0.819. The number of rotatable bonds is 5. The Balaban J connectivity index is 2.22. The zero-order valence-corrected chi connectivity index (χ0v) is 14.4. The van der Waals surface area contributed by atoms with Crippen LogP contribution in [-0.4, -0.2) is 22.9 Å². The molecule has 7 heteroatoms. The molecule has 3 N–H and O–H groups in total. The van der Waals surface area contributed by atoms with Crippen molar-refractivity contribution in [1.29, 1.82) is 0 Å². The minimum Gasteiger partial charge on any atom is -0.478 e. The number of carboxylic acid groups (broad SMARTS) is 1. The first kappa shape index (κ1) is 17.7. The van der Waals surface area contributed by atoms with Gasteiger partial charge < -0.3 is 15.7 Å². The number of hydrogen-bond acceptors (Lipinski definition) is 4. The van der Waals surface area contributed by atoms with Crippen molar-refractivity contribution >= 4 is 39.8 Å². The number of aryl methyl sites for hydroxylation is 1. The molecule has 1 aromatic heterocycles. The van der Waals surface area contributed by atoms with E-state index >= 15 is 0 Å². The second-order valence-electron chi connectivity index (χ2n) is 5.58. The van der Waals surface area contributed by atoms with E-state index in [1.807, 2.05) is 6.92 Å². The number of benzene rings is 1. The molecule has 6 nitrogen and oxygen atoms in total. The van der Waals surface area contributed by atoms with E-state index < -0.39 is 11.9 Å². The minimum atomic E-state index is -1.07. The standard InChI is InChI=1S/C17H18N2O4S/c1-9(2)14(20)19-16-13(7-10(3)24-16)15(21)18-12-6-4-5-11(8-12)17(22)23/h4-9H,1-3H3,(H,18,21)(H,19,20)(H,22,23). The summed E-state index contributed by atoms with van der Waals surface area (Å²) < 4.78 is 0. The summed E-state index contributed by atoms with van der Waals surface area (Å²) in [5, 5.41) is 14.9. The predicted molar refractivity (Wildman–Crippen MR) is 93.9 cm³/mol. The van der Waals surface area contributed by atoms with Crippen LogP contribution in [0.5, 0.6) is 0 Å². The lowest BCUT2D eigenvalue weighted by molar-refractivity contribution is -0.118. The van der Waals surface area contributed by atoms with Crippen LogP contribution in [0.2, 0.25) is 0 Å². The van der Waals surface area contributed by atoms with Crippen LogP contribution in [-0.2, 0) is 4.79 Å². The summed E-state index contributed by atoms with van der Waals surface area (Å²) in [7, 11) is 0. The molecule has 1 heterocycles. The van der Waals surface area contributed by atoms with Gasteiger partial charge in [0.15, 0.2) is 0 Å². The molecule has 0 bridgehead atoms. The third-order valence-corrected chi connectivity index (χ3v) is 4.19. The maximum absolute atomic E-state index is 12.5. The predicted octanol–water partition coefficient (Wildman–Crippen LogP) is 3.60. The van der Waals surface area contributed by atoms with Crippen LogP contribution < -0.4 is 10.6 Å². The van der Waals surface area contributed by atoms with E-state index in [0.29, 0.717) is 16.3 Å². The van der Waals surface area contributed by atoms with Gasteiger partial charge in [0.1, 0.15) is 5.00 Å². The topological polar surface area (TPSA) is 95.5 Å². The molecule has 0 aliphatic rings. The fourth-order valence-electron chi connectivity index (χ4n) is 1.96. The van der Waals surface area contributed by atoms with E-state index in [1.165, 1.54) is 23.5 Å². The summed E-state index contributed by atoms with van der Waals surface area (Å²) in [6.07, 6.45) is 0. The molecule has 2 amide bonds. The van der Waals surface area contributed by atoms with Gasteiger partial charge >= 0.3 is 5.97 Å². The summed E-state index contributed by atoms with van der Waals surface area (Å²) in [6.45, 7) is 5.39. The highest BCUT2D eigenvalue weighted by molar-refractivity contribution is 7.16. The Morgan fingerprint density at radius 2 is 1.83 bits per heavy atom. The van der Waals surface area contributed by atoms with Crippen LogP contribution in [0, 0.1) is 12.8 Å². The van der Waals surface area contributed by atoms with Gasteiger partial charge in [0.05, 0.1) is 11.1 Å². The molecular formula is C17H18N2O4S. The number of hydrogen-bond donors (Lipinski definition) is 3. The number of anilines is 2. The molecule has 0 radical (unpaired) electrons. The average molecular weight is 346 g/mol. The summed E-state index contributed by atoms with van der Waals surface area (Å²) >= 11 is 1.32. The molecule has 0 atom stereocenters. The fourth-order valence-corrected chi connectivity index (χ4v) is 2.87. The van der Waals surface area contributed by atoms with Gasteiger partial charge in [0.25, 0.3) is 5.91 Å². The average Bonchev–Trinajstić information content (AvgIpc) is 2.88. The number of carboxylic acids is 1. The monoisotopic (exact) mass is 346 g/mol. The smallest absolute Gasteiger partial charge is 0.335 e. The summed E-state index contributed by atoms with van der Waals surface area (Å²) in [6, 6.07) is 7.68. The van der Waals surface area contributed by atoms with Crippen LogP contribution in [0.4, 0.5) is 10.7 Å². The van der Waals surface area contributed by atoms with Gasteiger partial charge in [-0.15, -0.1) is 11.3 Å². The molecule has 0 aliphatic heterocycles. The quantitative estimate of drug-likeness (QED) is 0.771. The zero-order valence-electron chi connectivity index (χ0n) is 13.5. The van der Waals surface area contributed by atoms with Gasteiger partial charge in [-0.25, -0.2) is 4.79 Å². The molecule has 1 aromatic carbocycles. The Kier molecular flexibility index (Phi) is 5.35. The Labute approximate surface area is 143 Å². The van der Waals surface area contributed by atoms with Crippen molar-refractivity contribution < 1.29 is 19.5 Å². The number of carbonyl (C=O) groups excluding carboxylic acids is 2. The number of nitrogens with one attached hydrogen (secondary N) is 2. The highest BCUT2D eigenvalue weighted by Crippen LogP contribution is 2.29. The highest BCUT2D eigenvalue weighted by atomic mass is 32.1. The van der Waals surface area contributed by atoms with Crippen molar-refractivity contribution in [2.45, 2.75) is 20.8 Å².